The van der Waals surface area contributed by atoms with Crippen molar-refractivity contribution in [2.45, 2.75) is 51.9 Å². The molecule has 1 radical (unpaired) electrons. The Morgan fingerprint density at radius 3 is 2.59 bits per heavy atom. The van der Waals surface area contributed by atoms with Gasteiger partial charge < -0.3 is 0 Å². The van der Waals surface area contributed by atoms with Gasteiger partial charge in [-0.25, -0.2) is 0 Å². The summed E-state index contributed by atoms with van der Waals surface area (Å²) < 4.78 is 0. The van der Waals surface area contributed by atoms with Crippen molar-refractivity contribution in [2.24, 2.45) is 0 Å². The zero-order valence-corrected chi connectivity index (χ0v) is 11.7. The number of rotatable bonds is 7. The largest absolute Gasteiger partial charge is 0.0654 e. The average Bonchev–Trinajstić information content (AvgIpc) is 2.77. The van der Waals surface area contributed by atoms with Gasteiger partial charge in [-0.1, -0.05) is 63.3 Å². The Bertz CT molecular complexity index is 459. The molecular formula is C16H22P. The lowest BCUT2D eigenvalue weighted by molar-refractivity contribution is 0.614. The third-order valence-electron chi connectivity index (χ3n) is 3.40. The number of benzene rings is 1. The van der Waals surface area contributed by atoms with Crippen LogP contribution in [-0.4, -0.2) is 0 Å². The van der Waals surface area contributed by atoms with Crippen molar-refractivity contribution in [1.29, 1.82) is 0 Å². The summed E-state index contributed by atoms with van der Waals surface area (Å²) in [5, 5.41) is 4.58. The van der Waals surface area contributed by atoms with Crippen LogP contribution in [-0.2, 0) is 0 Å². The molecule has 1 heteroatoms. The molecule has 0 saturated heterocycles. The fourth-order valence-corrected chi connectivity index (χ4v) is 3.51. The first-order valence-electron chi connectivity index (χ1n) is 6.91. The molecule has 0 saturated carbocycles. The minimum absolute atomic E-state index is 1.29. The molecule has 1 aromatic carbocycles. The molecule has 0 amide bonds. The molecule has 0 atom stereocenters. The Kier molecular flexibility index (Phi) is 5.26. The first-order chi connectivity index (χ1) is 8.42. The standard InChI is InChI=1S/C16H22P/c1-2-3-4-5-6-7-12-16-15-11-9-8-10-14(15)13-17-16/h8-11,13H,2-7,12H2,1H3. The van der Waals surface area contributed by atoms with E-state index in [0.29, 0.717) is 0 Å². The zero-order chi connectivity index (χ0) is 11.9. The molecule has 1 aliphatic rings. The van der Waals surface area contributed by atoms with E-state index >= 15 is 0 Å². The van der Waals surface area contributed by atoms with E-state index in [1.54, 1.807) is 5.31 Å². The molecule has 0 aliphatic carbocycles. The van der Waals surface area contributed by atoms with E-state index in [1.165, 1.54) is 64.0 Å². The lowest BCUT2D eigenvalue weighted by atomic mass is 10.1. The van der Waals surface area contributed by atoms with Gasteiger partial charge in [0.15, 0.2) is 0 Å². The van der Waals surface area contributed by atoms with Crippen molar-refractivity contribution in [3.05, 3.63) is 34.7 Å². The van der Waals surface area contributed by atoms with Crippen molar-refractivity contribution in [3.63, 3.8) is 0 Å². The third-order valence-corrected chi connectivity index (χ3v) is 4.58. The molecule has 0 unspecified atom stereocenters. The molecule has 2 rings (SSSR count). The second-order valence-electron chi connectivity index (χ2n) is 4.81. The van der Waals surface area contributed by atoms with Crippen LogP contribution in [0.15, 0.2) is 24.3 Å². The Balaban J connectivity index is 1.80. The van der Waals surface area contributed by atoms with Crippen molar-refractivity contribution in [2.75, 3.05) is 0 Å². The molecule has 0 fully saturated rings. The summed E-state index contributed by atoms with van der Waals surface area (Å²) in [6.07, 6.45) is 9.66. The van der Waals surface area contributed by atoms with Gasteiger partial charge in [-0.2, -0.15) is 0 Å². The van der Waals surface area contributed by atoms with Crippen LogP contribution in [0.2, 0.25) is 0 Å². The highest BCUT2D eigenvalue weighted by atomic mass is 31.1. The lowest BCUT2D eigenvalue weighted by Gasteiger charge is -2.02. The minimum Gasteiger partial charge on any atom is -0.0654 e. The van der Waals surface area contributed by atoms with Gasteiger partial charge in [-0.15, -0.1) is 0 Å². The molecule has 0 aromatic heterocycles. The van der Waals surface area contributed by atoms with Gasteiger partial charge >= 0.3 is 0 Å². The molecule has 1 heterocycles. The summed E-state index contributed by atoms with van der Waals surface area (Å²) in [5.74, 6) is 2.35. The van der Waals surface area contributed by atoms with E-state index in [9.17, 15) is 0 Å². The molecule has 0 N–H and O–H groups in total. The number of fused-ring (bicyclic) bond motifs is 1. The second-order valence-corrected chi connectivity index (χ2v) is 5.87. The normalized spacial score (nSPS) is 15.0. The van der Waals surface area contributed by atoms with Crippen molar-refractivity contribution >= 4 is 19.7 Å². The highest BCUT2D eigenvalue weighted by molar-refractivity contribution is 7.58. The summed E-state index contributed by atoms with van der Waals surface area (Å²) in [4.78, 5) is 0. The average molecular weight is 245 g/mol. The summed E-state index contributed by atoms with van der Waals surface area (Å²) in [5.41, 5.74) is 0. The first-order valence-corrected chi connectivity index (χ1v) is 7.87. The Labute approximate surface area is 107 Å². The maximum absolute atomic E-state index is 2.35. The summed E-state index contributed by atoms with van der Waals surface area (Å²) in [6, 6.07) is 8.81. The van der Waals surface area contributed by atoms with Crippen LogP contribution in [0.4, 0.5) is 0 Å². The van der Waals surface area contributed by atoms with E-state index < -0.39 is 0 Å². The second kappa shape index (κ2) is 6.97. The van der Waals surface area contributed by atoms with Crippen molar-refractivity contribution in [1.82, 2.24) is 0 Å². The summed E-state index contributed by atoms with van der Waals surface area (Å²) >= 11 is 0. The van der Waals surface area contributed by atoms with Crippen LogP contribution in [0.3, 0.4) is 0 Å². The molecule has 0 spiro atoms. The fraction of sp³-hybridized carbons (Fsp3) is 0.500. The highest BCUT2D eigenvalue weighted by Crippen LogP contribution is 2.32. The number of hydrogen-bond acceptors (Lipinski definition) is 0. The monoisotopic (exact) mass is 245 g/mol. The van der Waals surface area contributed by atoms with Gasteiger partial charge in [0, 0.05) is 0 Å². The molecule has 1 aromatic rings. The highest BCUT2D eigenvalue weighted by Gasteiger charge is 2.04. The van der Waals surface area contributed by atoms with E-state index in [-0.39, 0.29) is 0 Å². The molecule has 91 valence electrons. The van der Waals surface area contributed by atoms with Crippen molar-refractivity contribution in [3.8, 4) is 0 Å². The Hall–Kier alpha value is -0.610. The maximum Gasteiger partial charge on any atom is -0.0140 e. The fourth-order valence-electron chi connectivity index (χ4n) is 2.36. The third kappa shape index (κ3) is 3.68. The minimum atomic E-state index is 1.29. The first kappa shape index (κ1) is 12.8. The summed E-state index contributed by atoms with van der Waals surface area (Å²) in [6.45, 7) is 2.28. The van der Waals surface area contributed by atoms with Crippen LogP contribution >= 0.6 is 8.58 Å². The van der Waals surface area contributed by atoms with Crippen LogP contribution in [0.25, 0.3) is 11.1 Å². The van der Waals surface area contributed by atoms with Gasteiger partial charge in [0.1, 0.15) is 0 Å². The number of unbranched alkanes of at least 4 members (excludes halogenated alkanes) is 5. The van der Waals surface area contributed by atoms with E-state index in [4.69, 9.17) is 0 Å². The van der Waals surface area contributed by atoms with Gasteiger partial charge in [0.05, 0.1) is 0 Å². The van der Waals surface area contributed by atoms with E-state index in [1.807, 2.05) is 0 Å². The smallest absolute Gasteiger partial charge is 0.0140 e. The van der Waals surface area contributed by atoms with Gasteiger partial charge in [0.25, 0.3) is 0 Å². The zero-order valence-electron chi connectivity index (χ0n) is 10.8. The maximum atomic E-state index is 2.35. The summed E-state index contributed by atoms with van der Waals surface area (Å²) in [7, 11) is 1.44. The SMILES string of the molecule is CCCCCCCCC1=c2ccccc2=C[P]1. The van der Waals surface area contributed by atoms with Gasteiger partial charge in [-0.3, -0.25) is 0 Å². The van der Waals surface area contributed by atoms with Crippen LogP contribution < -0.4 is 10.4 Å². The predicted molar refractivity (Wildman–Crippen MR) is 78.5 cm³/mol. The molecular weight excluding hydrogens is 223 g/mol. The van der Waals surface area contributed by atoms with Crippen LogP contribution in [0.5, 0.6) is 0 Å². The molecule has 0 nitrogen and oxygen atoms in total. The molecule has 1 aliphatic heterocycles. The van der Waals surface area contributed by atoms with Crippen LogP contribution in [0, 0.1) is 0 Å². The predicted octanol–water partition coefficient (Wildman–Crippen LogP) is 4.24. The van der Waals surface area contributed by atoms with Crippen molar-refractivity contribution < 1.29 is 0 Å². The van der Waals surface area contributed by atoms with Gasteiger partial charge in [0.2, 0.25) is 0 Å². The Morgan fingerprint density at radius 1 is 0.941 bits per heavy atom. The quantitative estimate of drug-likeness (QED) is 0.498. The van der Waals surface area contributed by atoms with Crippen LogP contribution in [0.1, 0.15) is 51.9 Å². The lowest BCUT2D eigenvalue weighted by Crippen LogP contribution is -2.21. The van der Waals surface area contributed by atoms with E-state index in [0.717, 1.165) is 0 Å². The Morgan fingerprint density at radius 2 is 1.71 bits per heavy atom. The molecule has 0 bridgehead atoms. The topological polar surface area (TPSA) is 0 Å². The number of hydrogen-bond donors (Lipinski definition) is 0. The molecule has 17 heavy (non-hydrogen) atoms. The van der Waals surface area contributed by atoms with E-state index in [2.05, 4.69) is 37.0 Å². The van der Waals surface area contributed by atoms with Gasteiger partial charge in [-0.05, 0) is 43.0 Å².